The summed E-state index contributed by atoms with van der Waals surface area (Å²) in [6.45, 7) is 3.48. The molecule has 0 saturated carbocycles. The Morgan fingerprint density at radius 3 is 2.54 bits per heavy atom. The van der Waals surface area contributed by atoms with Gasteiger partial charge in [0.2, 0.25) is 5.91 Å². The lowest BCUT2D eigenvalue weighted by Gasteiger charge is -2.34. The lowest BCUT2D eigenvalue weighted by molar-refractivity contribution is -0.136. The molecule has 1 aliphatic rings. The number of carbonyl (C=O) groups is 1. The highest BCUT2D eigenvalue weighted by Crippen LogP contribution is 2.21. The molecule has 0 radical (unpaired) electrons. The average molecular weight is 352 g/mol. The number of nitrogens with zero attached hydrogens (tertiary/aromatic N) is 2. The number of ether oxygens (including phenoxy) is 1. The third-order valence-electron chi connectivity index (χ3n) is 5.06. The molecule has 1 fully saturated rings. The molecule has 4 nitrogen and oxygen atoms in total. The predicted molar refractivity (Wildman–Crippen MR) is 104 cm³/mol. The van der Waals surface area contributed by atoms with Crippen molar-refractivity contribution in [3.05, 3.63) is 65.7 Å². The van der Waals surface area contributed by atoms with E-state index < -0.39 is 0 Å². The van der Waals surface area contributed by atoms with Gasteiger partial charge >= 0.3 is 0 Å². The van der Waals surface area contributed by atoms with Gasteiger partial charge in [0.1, 0.15) is 5.75 Å². The van der Waals surface area contributed by atoms with E-state index in [2.05, 4.69) is 29.2 Å². The molecule has 1 heterocycles. The highest BCUT2D eigenvalue weighted by Gasteiger charge is 2.27. The number of likely N-dealkylation sites (tertiary alicyclic amines) is 1. The van der Waals surface area contributed by atoms with Crippen LogP contribution in [-0.4, -0.2) is 43.0 Å². The van der Waals surface area contributed by atoms with Crippen LogP contribution in [0, 0.1) is 5.92 Å². The largest absolute Gasteiger partial charge is 0.497 e. The lowest BCUT2D eigenvalue weighted by atomic mass is 9.96. The molecule has 138 valence electrons. The first-order valence-corrected chi connectivity index (χ1v) is 9.30. The van der Waals surface area contributed by atoms with E-state index in [9.17, 15) is 4.79 Å². The first kappa shape index (κ1) is 18.5. The summed E-state index contributed by atoms with van der Waals surface area (Å²) in [5.41, 5.74) is 2.44. The van der Waals surface area contributed by atoms with E-state index in [0.29, 0.717) is 6.54 Å². The van der Waals surface area contributed by atoms with E-state index in [0.717, 1.165) is 43.8 Å². The van der Waals surface area contributed by atoms with Crippen LogP contribution in [0.1, 0.15) is 24.0 Å². The van der Waals surface area contributed by atoms with E-state index in [1.54, 1.807) is 7.11 Å². The molecule has 0 aliphatic carbocycles. The van der Waals surface area contributed by atoms with Gasteiger partial charge in [0.15, 0.2) is 0 Å². The zero-order valence-electron chi connectivity index (χ0n) is 15.7. The van der Waals surface area contributed by atoms with Gasteiger partial charge in [-0.25, -0.2) is 0 Å². The van der Waals surface area contributed by atoms with Crippen molar-refractivity contribution in [2.75, 3.05) is 27.2 Å². The Hall–Kier alpha value is -2.33. The molecule has 1 aliphatic heterocycles. The van der Waals surface area contributed by atoms with Crippen LogP contribution in [0.4, 0.5) is 0 Å². The van der Waals surface area contributed by atoms with Crippen LogP contribution in [0.2, 0.25) is 0 Å². The van der Waals surface area contributed by atoms with Gasteiger partial charge in [0.25, 0.3) is 0 Å². The topological polar surface area (TPSA) is 32.8 Å². The molecule has 1 unspecified atom stereocenters. The van der Waals surface area contributed by atoms with Gasteiger partial charge in [-0.3, -0.25) is 9.69 Å². The Bertz CT molecular complexity index is 700. The summed E-state index contributed by atoms with van der Waals surface area (Å²) in [7, 11) is 3.57. The van der Waals surface area contributed by atoms with Crippen molar-refractivity contribution in [3.63, 3.8) is 0 Å². The minimum Gasteiger partial charge on any atom is -0.497 e. The predicted octanol–water partition coefficient (Wildman–Crippen LogP) is 3.57. The summed E-state index contributed by atoms with van der Waals surface area (Å²) in [5, 5.41) is 0. The minimum absolute atomic E-state index is 0.0933. The molecule has 0 spiro atoms. The Morgan fingerprint density at radius 2 is 1.85 bits per heavy atom. The fraction of sp³-hybridized carbons (Fsp3) is 0.409. The smallest absolute Gasteiger partial charge is 0.227 e. The molecule has 1 amide bonds. The van der Waals surface area contributed by atoms with Crippen LogP contribution < -0.4 is 4.74 Å². The fourth-order valence-electron chi connectivity index (χ4n) is 3.64. The Balaban J connectivity index is 1.55. The fourth-order valence-corrected chi connectivity index (χ4v) is 3.64. The Kier molecular flexibility index (Phi) is 6.29. The number of piperidine rings is 1. The summed E-state index contributed by atoms with van der Waals surface area (Å²) < 4.78 is 5.19. The second kappa shape index (κ2) is 8.86. The first-order valence-electron chi connectivity index (χ1n) is 9.30. The quantitative estimate of drug-likeness (QED) is 0.797. The monoisotopic (exact) mass is 352 g/mol. The van der Waals surface area contributed by atoms with Crippen molar-refractivity contribution >= 4 is 5.91 Å². The van der Waals surface area contributed by atoms with Crippen LogP contribution in [0.15, 0.2) is 54.6 Å². The van der Waals surface area contributed by atoms with Crippen LogP contribution in [0.3, 0.4) is 0 Å². The molecule has 0 aromatic heterocycles. The van der Waals surface area contributed by atoms with E-state index >= 15 is 0 Å². The SMILES string of the molecule is COc1ccc(CN(C)C(=O)C2CCCN(Cc3ccccc3)C2)cc1. The van der Waals surface area contributed by atoms with Crippen LogP contribution >= 0.6 is 0 Å². The molecule has 1 atom stereocenters. The number of carbonyl (C=O) groups excluding carboxylic acids is 1. The maximum atomic E-state index is 12.9. The summed E-state index contributed by atoms with van der Waals surface area (Å²) in [6.07, 6.45) is 2.07. The molecule has 1 saturated heterocycles. The molecule has 0 bridgehead atoms. The normalized spacial score (nSPS) is 17.7. The third kappa shape index (κ3) is 4.85. The summed E-state index contributed by atoms with van der Waals surface area (Å²) in [5.74, 6) is 1.18. The molecule has 26 heavy (non-hydrogen) atoms. The zero-order valence-corrected chi connectivity index (χ0v) is 15.7. The van der Waals surface area contributed by atoms with Crippen molar-refractivity contribution in [1.29, 1.82) is 0 Å². The minimum atomic E-state index is 0.0933. The molecule has 4 heteroatoms. The Labute approximate surface area is 156 Å². The van der Waals surface area contributed by atoms with E-state index in [4.69, 9.17) is 4.74 Å². The number of rotatable bonds is 6. The van der Waals surface area contributed by atoms with Gasteiger partial charge in [0, 0.05) is 26.7 Å². The number of hydrogen-bond acceptors (Lipinski definition) is 3. The Morgan fingerprint density at radius 1 is 1.12 bits per heavy atom. The first-order chi connectivity index (χ1) is 12.7. The van der Waals surface area contributed by atoms with Gasteiger partial charge in [-0.15, -0.1) is 0 Å². The van der Waals surface area contributed by atoms with Crippen molar-refractivity contribution < 1.29 is 9.53 Å². The number of benzene rings is 2. The van der Waals surface area contributed by atoms with Gasteiger partial charge in [-0.05, 0) is 42.6 Å². The van der Waals surface area contributed by atoms with Crippen molar-refractivity contribution in [2.45, 2.75) is 25.9 Å². The van der Waals surface area contributed by atoms with Gasteiger partial charge < -0.3 is 9.64 Å². The molecular weight excluding hydrogens is 324 g/mol. The van der Waals surface area contributed by atoms with E-state index in [1.807, 2.05) is 42.3 Å². The second-order valence-corrected chi connectivity index (χ2v) is 7.10. The molecule has 2 aromatic rings. The van der Waals surface area contributed by atoms with Crippen LogP contribution in [-0.2, 0) is 17.9 Å². The molecular formula is C22H28N2O2. The van der Waals surface area contributed by atoms with E-state index in [-0.39, 0.29) is 11.8 Å². The second-order valence-electron chi connectivity index (χ2n) is 7.10. The average Bonchev–Trinajstić information content (AvgIpc) is 2.69. The summed E-state index contributed by atoms with van der Waals surface area (Å²) in [6, 6.07) is 18.4. The van der Waals surface area contributed by atoms with E-state index in [1.165, 1.54) is 5.56 Å². The summed E-state index contributed by atoms with van der Waals surface area (Å²) >= 11 is 0. The number of methoxy groups -OCH3 is 1. The van der Waals surface area contributed by atoms with Gasteiger partial charge in [-0.1, -0.05) is 42.5 Å². The van der Waals surface area contributed by atoms with Crippen LogP contribution in [0.5, 0.6) is 5.75 Å². The maximum absolute atomic E-state index is 12.9. The number of amides is 1. The lowest BCUT2D eigenvalue weighted by Crippen LogP contribution is -2.43. The molecule has 3 rings (SSSR count). The van der Waals surface area contributed by atoms with Crippen molar-refractivity contribution in [3.8, 4) is 5.75 Å². The third-order valence-corrected chi connectivity index (χ3v) is 5.06. The molecule has 0 N–H and O–H groups in total. The van der Waals surface area contributed by atoms with Crippen molar-refractivity contribution in [1.82, 2.24) is 9.80 Å². The number of hydrogen-bond donors (Lipinski definition) is 0. The maximum Gasteiger partial charge on any atom is 0.227 e. The van der Waals surface area contributed by atoms with Gasteiger partial charge in [0.05, 0.1) is 13.0 Å². The molecule has 2 aromatic carbocycles. The zero-order chi connectivity index (χ0) is 18.4. The highest BCUT2D eigenvalue weighted by atomic mass is 16.5. The standard InChI is InChI=1S/C22H28N2O2/c1-23(15-19-10-12-21(26-2)13-11-19)22(25)20-9-6-14-24(17-20)16-18-7-4-3-5-8-18/h3-5,7-8,10-13,20H,6,9,14-17H2,1-2H3. The highest BCUT2D eigenvalue weighted by molar-refractivity contribution is 5.79. The summed E-state index contributed by atoms with van der Waals surface area (Å²) in [4.78, 5) is 17.2. The van der Waals surface area contributed by atoms with Crippen LogP contribution in [0.25, 0.3) is 0 Å². The van der Waals surface area contributed by atoms with Crippen molar-refractivity contribution in [2.24, 2.45) is 5.92 Å². The van der Waals surface area contributed by atoms with Gasteiger partial charge in [-0.2, -0.15) is 0 Å².